The quantitative estimate of drug-likeness (QED) is 0.648. The first-order valence-electron chi connectivity index (χ1n) is 9.03. The number of halogens is 1. The van der Waals surface area contributed by atoms with E-state index in [-0.39, 0.29) is 18.4 Å². The molecule has 1 aliphatic heterocycles. The maximum atomic E-state index is 13.1. The normalized spacial score (nSPS) is 18.4. The second-order valence-corrected chi connectivity index (χ2v) is 7.56. The highest BCUT2D eigenvalue weighted by atomic mass is 32.1. The summed E-state index contributed by atoms with van der Waals surface area (Å²) < 4.78 is 13.1. The van der Waals surface area contributed by atoms with Gasteiger partial charge >= 0.3 is 0 Å². The molecule has 148 valence electrons. The van der Waals surface area contributed by atoms with E-state index in [9.17, 15) is 24.2 Å². The Morgan fingerprint density at radius 3 is 2.71 bits per heavy atom. The van der Waals surface area contributed by atoms with Gasteiger partial charge in [-0.3, -0.25) is 9.59 Å². The van der Waals surface area contributed by atoms with Crippen LogP contribution in [0.2, 0.25) is 0 Å². The summed E-state index contributed by atoms with van der Waals surface area (Å²) in [4.78, 5) is 27.1. The largest absolute Gasteiger partial charge is 0.380 e. The molecule has 6 nitrogen and oxygen atoms in total. The lowest BCUT2D eigenvalue weighted by Gasteiger charge is -2.28. The first kappa shape index (κ1) is 20.3. The number of hydrogen-bond donors (Lipinski definition) is 3. The average molecular weight is 404 g/mol. The fourth-order valence-electron chi connectivity index (χ4n) is 3.28. The van der Waals surface area contributed by atoms with Crippen molar-refractivity contribution < 1.29 is 24.2 Å². The first-order valence-corrected chi connectivity index (χ1v) is 9.85. The molecule has 8 heteroatoms. The second kappa shape index (κ2) is 9.15. The van der Waals surface area contributed by atoms with Crippen molar-refractivity contribution in [1.82, 2.24) is 10.2 Å². The highest BCUT2D eigenvalue weighted by molar-refractivity contribution is 7.08. The molecule has 1 aliphatic rings. The number of rotatable bonds is 7. The van der Waals surface area contributed by atoms with Crippen molar-refractivity contribution in [3.8, 4) is 0 Å². The van der Waals surface area contributed by atoms with Crippen molar-refractivity contribution in [3.05, 3.63) is 58.0 Å². The van der Waals surface area contributed by atoms with E-state index in [1.54, 1.807) is 18.2 Å². The van der Waals surface area contributed by atoms with Gasteiger partial charge in [0.25, 0.3) is 11.8 Å². The van der Waals surface area contributed by atoms with E-state index in [0.29, 0.717) is 19.4 Å². The van der Waals surface area contributed by atoms with E-state index in [1.807, 2.05) is 0 Å². The Kier molecular flexibility index (Phi) is 6.62. The molecule has 0 spiro atoms. The minimum Gasteiger partial charge on any atom is -0.380 e. The molecule has 0 aliphatic carbocycles. The van der Waals surface area contributed by atoms with Crippen LogP contribution in [0.4, 0.5) is 4.39 Å². The lowest BCUT2D eigenvalue weighted by atomic mass is 10.0. The summed E-state index contributed by atoms with van der Waals surface area (Å²) in [6, 6.07) is 10.1. The Hall–Kier alpha value is -2.47. The van der Waals surface area contributed by atoms with Gasteiger partial charge in [0.15, 0.2) is 12.2 Å². The van der Waals surface area contributed by atoms with Crippen molar-refractivity contribution in [1.29, 1.82) is 0 Å². The van der Waals surface area contributed by atoms with Gasteiger partial charge < -0.3 is 20.4 Å². The molecule has 1 fully saturated rings. The molecule has 2 amide bonds. The van der Waals surface area contributed by atoms with Crippen LogP contribution >= 0.6 is 11.3 Å². The monoisotopic (exact) mass is 404 g/mol. The fourth-order valence-corrected chi connectivity index (χ4v) is 3.85. The van der Waals surface area contributed by atoms with Crippen LogP contribution < -0.4 is 5.32 Å². The highest BCUT2D eigenvalue weighted by Crippen LogP contribution is 2.32. The Labute approximate surface area is 166 Å². The van der Waals surface area contributed by atoms with Crippen molar-refractivity contribution in [2.24, 2.45) is 0 Å². The molecule has 1 aromatic carbocycles. The van der Waals surface area contributed by atoms with Crippen molar-refractivity contribution in [3.63, 3.8) is 0 Å². The summed E-state index contributed by atoms with van der Waals surface area (Å²) in [6.45, 7) is 0.665. The molecule has 2 aromatic rings. The number of hydrogen-bond acceptors (Lipinski definition) is 5. The number of amides is 2. The maximum Gasteiger partial charge on any atom is 0.255 e. The van der Waals surface area contributed by atoms with Gasteiger partial charge in [-0.15, -0.1) is 0 Å². The SMILES string of the molecule is O=C(NCCc1cc#cs1)[C@H](O)[C@@H](O)C(=O)N1CCC[C@@H]1c1ccc(F)cc1. The molecule has 3 rings (SSSR count). The predicted molar refractivity (Wildman–Crippen MR) is 101 cm³/mol. The van der Waals surface area contributed by atoms with Gasteiger partial charge in [0.05, 0.1) is 6.04 Å². The minimum absolute atomic E-state index is 0.265. The lowest BCUT2D eigenvalue weighted by Crippen LogP contribution is -2.50. The number of aliphatic hydroxyl groups is 2. The summed E-state index contributed by atoms with van der Waals surface area (Å²) in [5, 5.41) is 25.7. The van der Waals surface area contributed by atoms with Gasteiger partial charge in [0, 0.05) is 30.5 Å². The number of carbonyl (C=O) groups excluding carboxylic acids is 2. The molecule has 0 bridgehead atoms. The molecule has 28 heavy (non-hydrogen) atoms. The first-order chi connectivity index (χ1) is 13.5. The van der Waals surface area contributed by atoms with Crippen molar-refractivity contribution >= 4 is 23.2 Å². The van der Waals surface area contributed by atoms with E-state index in [1.165, 1.54) is 28.4 Å². The molecular formula is C20H21FN2O4S. The van der Waals surface area contributed by atoms with E-state index in [0.717, 1.165) is 16.9 Å². The van der Waals surface area contributed by atoms with Crippen LogP contribution in [-0.4, -0.2) is 52.2 Å². The number of nitrogens with one attached hydrogen (secondary N) is 1. The number of nitrogens with zero attached hydrogens (tertiary/aromatic N) is 1. The topological polar surface area (TPSA) is 89.9 Å². The Balaban J connectivity index is 1.57. The molecule has 3 atom stereocenters. The molecular weight excluding hydrogens is 383 g/mol. The standard InChI is InChI=1S/C20H21FN2O4S/c21-14-7-5-13(6-8-14)16-4-1-11-23(16)20(27)18(25)17(24)19(26)22-10-9-15-3-2-12-28-15/h3,5-8,16-18,24-25H,1,4,9-11H2,(H,22,26)/t16-,17-,18-/m1/s1. The molecule has 1 saturated heterocycles. The van der Waals surface area contributed by atoms with Gasteiger partial charge in [0.1, 0.15) is 5.82 Å². The Morgan fingerprint density at radius 1 is 1.29 bits per heavy atom. The fraction of sp³-hybridized carbons (Fsp3) is 0.400. The van der Waals surface area contributed by atoms with E-state index >= 15 is 0 Å². The number of carbonyl (C=O) groups is 2. The van der Waals surface area contributed by atoms with Crippen LogP contribution in [0, 0.1) is 17.3 Å². The van der Waals surface area contributed by atoms with Crippen LogP contribution in [0.1, 0.15) is 29.3 Å². The number of aliphatic hydroxyl groups excluding tert-OH is 2. The molecule has 0 unspecified atom stereocenters. The molecule has 2 heterocycles. The molecule has 1 aromatic heterocycles. The molecule has 0 saturated carbocycles. The third-order valence-corrected chi connectivity index (χ3v) is 5.56. The lowest BCUT2D eigenvalue weighted by molar-refractivity contribution is -0.153. The smallest absolute Gasteiger partial charge is 0.255 e. The summed E-state index contributed by atoms with van der Waals surface area (Å²) >= 11 is 1.38. The van der Waals surface area contributed by atoms with Gasteiger partial charge in [-0.1, -0.05) is 29.5 Å². The van der Waals surface area contributed by atoms with E-state index in [4.69, 9.17) is 0 Å². The number of likely N-dealkylation sites (tertiary alicyclic amines) is 1. The van der Waals surface area contributed by atoms with Gasteiger partial charge in [-0.2, -0.15) is 0 Å². The predicted octanol–water partition coefficient (Wildman–Crippen LogP) is 1.23. The second-order valence-electron chi connectivity index (χ2n) is 6.63. The highest BCUT2D eigenvalue weighted by Gasteiger charge is 2.38. The van der Waals surface area contributed by atoms with Crippen molar-refractivity contribution in [2.75, 3.05) is 13.1 Å². The molecule has 3 N–H and O–H groups in total. The van der Waals surface area contributed by atoms with E-state index in [2.05, 4.69) is 16.8 Å². The van der Waals surface area contributed by atoms with Gasteiger partial charge in [0.2, 0.25) is 0 Å². The zero-order valence-corrected chi connectivity index (χ0v) is 15.9. The van der Waals surface area contributed by atoms with Crippen LogP contribution in [0.5, 0.6) is 0 Å². The van der Waals surface area contributed by atoms with Crippen LogP contribution in [-0.2, 0) is 16.0 Å². The zero-order chi connectivity index (χ0) is 20.1. The minimum atomic E-state index is -1.86. The Bertz CT molecular complexity index is 797. The van der Waals surface area contributed by atoms with Crippen LogP contribution in [0.3, 0.4) is 0 Å². The summed E-state index contributed by atoms with van der Waals surface area (Å²) in [5.41, 5.74) is 0.753. The van der Waals surface area contributed by atoms with E-state index < -0.39 is 24.0 Å². The van der Waals surface area contributed by atoms with Gasteiger partial charge in [-0.25, -0.2) is 4.39 Å². The number of benzene rings is 1. The van der Waals surface area contributed by atoms with Crippen LogP contribution in [0.25, 0.3) is 0 Å². The summed E-state index contributed by atoms with van der Waals surface area (Å²) in [6.07, 6.45) is -1.78. The Morgan fingerprint density at radius 2 is 2.04 bits per heavy atom. The van der Waals surface area contributed by atoms with Crippen molar-refractivity contribution in [2.45, 2.75) is 37.5 Å². The third kappa shape index (κ3) is 4.68. The zero-order valence-electron chi connectivity index (χ0n) is 15.1. The summed E-state index contributed by atoms with van der Waals surface area (Å²) in [7, 11) is 0. The average Bonchev–Trinajstić information content (AvgIpc) is 3.38. The van der Waals surface area contributed by atoms with Gasteiger partial charge in [-0.05, 0) is 35.9 Å². The maximum absolute atomic E-state index is 13.1. The summed E-state index contributed by atoms with van der Waals surface area (Å²) in [5.74, 6) is -1.88. The molecule has 0 radical (unpaired) electrons. The third-order valence-electron chi connectivity index (χ3n) is 4.76. The van der Waals surface area contributed by atoms with Crippen LogP contribution in [0.15, 0.2) is 30.3 Å².